The molecule has 8 nitrogen and oxygen atoms in total. The van der Waals surface area contributed by atoms with Gasteiger partial charge in [-0.15, -0.1) is 0 Å². The molecule has 10 heteroatoms. The summed E-state index contributed by atoms with van der Waals surface area (Å²) in [7, 11) is -1.66. The predicted molar refractivity (Wildman–Crippen MR) is 172 cm³/mol. The number of amides is 1. The molecule has 0 unspecified atom stereocenters. The van der Waals surface area contributed by atoms with Crippen LogP contribution >= 0.6 is 11.8 Å². The van der Waals surface area contributed by atoms with E-state index in [1.54, 1.807) is 13.2 Å². The first-order chi connectivity index (χ1) is 20.5. The number of carboxylic acid groups (broad SMARTS) is 1. The van der Waals surface area contributed by atoms with Crippen LogP contribution in [0.4, 0.5) is 0 Å². The van der Waals surface area contributed by atoms with Crippen molar-refractivity contribution in [3.05, 3.63) is 95.1 Å². The predicted octanol–water partition coefficient (Wildman–Crippen LogP) is 4.80. The van der Waals surface area contributed by atoms with Crippen LogP contribution in [-0.2, 0) is 31.7 Å². The molecule has 0 aliphatic carbocycles. The number of carbonyl (C=O) groups excluding carboxylic acids is 1. The minimum atomic E-state index is -3.39. The highest BCUT2D eigenvalue weighted by molar-refractivity contribution is 7.99. The third kappa shape index (κ3) is 9.40. The number of sulfone groups is 1. The van der Waals surface area contributed by atoms with E-state index in [1.165, 1.54) is 5.56 Å². The first-order valence-corrected chi connectivity index (χ1v) is 17.4. The van der Waals surface area contributed by atoms with E-state index in [-0.39, 0.29) is 18.2 Å². The molecule has 1 fully saturated rings. The second kappa shape index (κ2) is 15.0. The molecule has 3 aromatic rings. The fraction of sp³-hybridized carbons (Fsp3) is 0.394. The van der Waals surface area contributed by atoms with Crippen LogP contribution in [0, 0.1) is 6.92 Å². The Bertz CT molecular complexity index is 1510. The summed E-state index contributed by atoms with van der Waals surface area (Å²) < 4.78 is 28.8. The van der Waals surface area contributed by atoms with Crippen LogP contribution in [0.2, 0.25) is 0 Å². The lowest BCUT2D eigenvalue weighted by Gasteiger charge is -2.24. The molecule has 3 atom stereocenters. The molecule has 4 rings (SSSR count). The molecule has 0 aromatic heterocycles. The zero-order valence-corrected chi connectivity index (χ0v) is 26.5. The van der Waals surface area contributed by atoms with Crippen LogP contribution in [0.3, 0.4) is 0 Å². The van der Waals surface area contributed by atoms with Gasteiger partial charge in [-0.1, -0.05) is 60.7 Å². The van der Waals surface area contributed by atoms with Crippen molar-refractivity contribution in [2.24, 2.45) is 0 Å². The average molecular weight is 625 g/mol. The number of nitrogens with one attached hydrogen (secondary N) is 1. The van der Waals surface area contributed by atoms with Crippen molar-refractivity contribution < 1.29 is 27.9 Å². The molecular weight excluding hydrogens is 585 g/mol. The number of aryl methyl sites for hydroxylation is 1. The summed E-state index contributed by atoms with van der Waals surface area (Å²) in [6, 6.07) is 22.9. The molecular formula is C33H40N2O6S2. The maximum atomic E-state index is 13.5. The van der Waals surface area contributed by atoms with E-state index in [0.717, 1.165) is 41.7 Å². The maximum absolute atomic E-state index is 13.5. The van der Waals surface area contributed by atoms with Crippen LogP contribution in [0.15, 0.2) is 72.8 Å². The van der Waals surface area contributed by atoms with Crippen molar-refractivity contribution in [1.29, 1.82) is 0 Å². The fourth-order valence-corrected chi connectivity index (χ4v) is 7.39. The number of rotatable bonds is 14. The molecule has 1 amide bonds. The number of methoxy groups -OCH3 is 1. The van der Waals surface area contributed by atoms with E-state index in [1.807, 2.05) is 61.2 Å². The number of likely N-dealkylation sites (tertiary alicyclic amines) is 1. The minimum Gasteiger partial charge on any atom is -0.480 e. The van der Waals surface area contributed by atoms with E-state index < -0.39 is 27.8 Å². The molecule has 43 heavy (non-hydrogen) atoms. The highest BCUT2D eigenvalue weighted by Crippen LogP contribution is 2.33. The Kier molecular flexibility index (Phi) is 11.4. The summed E-state index contributed by atoms with van der Waals surface area (Å²) in [5.74, 6) is -1.20. The van der Waals surface area contributed by atoms with E-state index >= 15 is 0 Å². The number of carbonyl (C=O) groups is 2. The Morgan fingerprint density at radius 3 is 2.44 bits per heavy atom. The van der Waals surface area contributed by atoms with E-state index in [2.05, 4.69) is 34.5 Å². The normalized spacial score (nSPS) is 17.9. The number of nitrogens with zero attached hydrogens (tertiary/aromatic N) is 1. The van der Waals surface area contributed by atoms with Gasteiger partial charge in [-0.05, 0) is 59.7 Å². The van der Waals surface area contributed by atoms with Gasteiger partial charge in [0.25, 0.3) is 5.91 Å². The smallest absolute Gasteiger partial charge is 0.326 e. The second-order valence-corrected chi connectivity index (χ2v) is 14.7. The Labute approximate surface area is 258 Å². The lowest BCUT2D eigenvalue weighted by Crippen LogP contribution is -2.42. The third-order valence-corrected chi connectivity index (χ3v) is 10.00. The summed E-state index contributed by atoms with van der Waals surface area (Å²) in [6.07, 6.45) is 1.86. The van der Waals surface area contributed by atoms with E-state index in [9.17, 15) is 23.1 Å². The molecule has 3 aromatic carbocycles. The Morgan fingerprint density at radius 2 is 1.77 bits per heavy atom. The highest BCUT2D eigenvalue weighted by Gasteiger charge is 2.32. The third-order valence-electron chi connectivity index (χ3n) is 7.71. The number of hydrogen-bond donors (Lipinski definition) is 2. The van der Waals surface area contributed by atoms with Crippen molar-refractivity contribution in [2.45, 2.75) is 49.4 Å². The largest absolute Gasteiger partial charge is 0.480 e. The quantitative estimate of drug-likeness (QED) is 0.263. The average Bonchev–Trinajstić information content (AvgIpc) is 3.35. The van der Waals surface area contributed by atoms with Gasteiger partial charge in [0.2, 0.25) is 0 Å². The van der Waals surface area contributed by atoms with Crippen molar-refractivity contribution in [1.82, 2.24) is 10.2 Å². The van der Waals surface area contributed by atoms with Crippen LogP contribution < -0.4 is 5.32 Å². The molecule has 2 N–H and O–H groups in total. The first-order valence-electron chi connectivity index (χ1n) is 14.3. The SMILES string of the molecule is COC[C@H]1C[C@H](SCc2ccccc2)CN1Cc1ccc(C(=O)N[C@@H](CCS(C)(=O)=O)C(=O)O)c(-c2ccccc2C)c1. The van der Waals surface area contributed by atoms with Crippen molar-refractivity contribution in [2.75, 3.05) is 32.3 Å². The molecule has 1 saturated heterocycles. The van der Waals surface area contributed by atoms with Gasteiger partial charge >= 0.3 is 5.97 Å². The van der Waals surface area contributed by atoms with Crippen LogP contribution in [0.25, 0.3) is 11.1 Å². The van der Waals surface area contributed by atoms with Gasteiger partial charge in [0.15, 0.2) is 0 Å². The van der Waals surface area contributed by atoms with Gasteiger partial charge in [0.05, 0.1) is 12.4 Å². The molecule has 0 bridgehead atoms. The number of aliphatic carboxylic acids is 1. The summed E-state index contributed by atoms with van der Waals surface area (Å²) in [4.78, 5) is 27.8. The van der Waals surface area contributed by atoms with Crippen molar-refractivity contribution in [3.63, 3.8) is 0 Å². The second-order valence-electron chi connectivity index (χ2n) is 11.2. The molecule has 1 aliphatic heterocycles. The molecule has 0 spiro atoms. The van der Waals surface area contributed by atoms with Gasteiger partial charge in [-0.2, -0.15) is 11.8 Å². The number of hydrogen-bond acceptors (Lipinski definition) is 7. The number of ether oxygens (including phenoxy) is 1. The summed E-state index contributed by atoms with van der Waals surface area (Å²) in [6.45, 7) is 4.22. The van der Waals surface area contributed by atoms with Gasteiger partial charge in [-0.25, -0.2) is 13.2 Å². The van der Waals surface area contributed by atoms with E-state index in [0.29, 0.717) is 29.5 Å². The maximum Gasteiger partial charge on any atom is 0.326 e. The van der Waals surface area contributed by atoms with Crippen LogP contribution in [0.1, 0.15) is 39.9 Å². The molecule has 0 radical (unpaired) electrons. The summed E-state index contributed by atoms with van der Waals surface area (Å²) in [5.41, 5.74) is 5.26. The van der Waals surface area contributed by atoms with Crippen LogP contribution in [-0.4, -0.2) is 79.9 Å². The van der Waals surface area contributed by atoms with Gasteiger partial charge in [-0.3, -0.25) is 9.69 Å². The van der Waals surface area contributed by atoms with Crippen LogP contribution in [0.5, 0.6) is 0 Å². The number of thioether (sulfide) groups is 1. The Hall–Kier alpha value is -3.18. The topological polar surface area (TPSA) is 113 Å². The van der Waals surface area contributed by atoms with Gasteiger partial charge in [0, 0.05) is 49.1 Å². The summed E-state index contributed by atoms with van der Waals surface area (Å²) in [5, 5.41) is 12.7. The molecule has 230 valence electrons. The number of carboxylic acids is 1. The molecule has 1 heterocycles. The van der Waals surface area contributed by atoms with E-state index in [4.69, 9.17) is 4.74 Å². The standard InChI is InChI=1S/C33H40N2O6S2/c1-23-9-7-8-12-28(23)30-17-25(13-14-29(30)32(36)34-31(33(37)38)15-16-43(3,39)40)19-35-20-27(18-26(35)21-41-2)42-22-24-10-5-4-6-11-24/h4-14,17,26-27,31H,15-16,18-22H2,1-3H3,(H,34,36)(H,37,38)/t26-,27+,31+/m1/s1. The Morgan fingerprint density at radius 1 is 1.05 bits per heavy atom. The Balaban J connectivity index is 1.56. The molecule has 0 saturated carbocycles. The first kappa shape index (κ1) is 32.7. The van der Waals surface area contributed by atoms with Crippen molar-refractivity contribution in [3.8, 4) is 11.1 Å². The number of benzene rings is 3. The lowest BCUT2D eigenvalue weighted by atomic mass is 9.93. The monoisotopic (exact) mass is 624 g/mol. The van der Waals surface area contributed by atoms with Gasteiger partial charge in [0.1, 0.15) is 15.9 Å². The van der Waals surface area contributed by atoms with Crippen molar-refractivity contribution >= 4 is 33.5 Å². The lowest BCUT2D eigenvalue weighted by molar-refractivity contribution is -0.139. The fourth-order valence-electron chi connectivity index (χ4n) is 5.45. The zero-order chi connectivity index (χ0) is 31.0. The minimum absolute atomic E-state index is 0.211. The highest BCUT2D eigenvalue weighted by atomic mass is 32.2. The zero-order valence-electron chi connectivity index (χ0n) is 24.9. The van der Waals surface area contributed by atoms with Gasteiger partial charge < -0.3 is 15.2 Å². The summed E-state index contributed by atoms with van der Waals surface area (Å²) >= 11 is 1.97. The molecule has 1 aliphatic rings.